The number of likely N-dealkylation sites (N-methyl/N-ethyl adjacent to an activating group) is 1. The number of benzene rings is 1. The van der Waals surface area contributed by atoms with Crippen molar-refractivity contribution in [2.75, 3.05) is 26.8 Å². The molecule has 1 aliphatic rings. The van der Waals surface area contributed by atoms with Gasteiger partial charge in [-0.3, -0.25) is 0 Å². The summed E-state index contributed by atoms with van der Waals surface area (Å²) < 4.78 is 11.2. The Bertz CT molecular complexity index is 462. The monoisotopic (exact) mass is 285 g/mol. The minimum Gasteiger partial charge on any atom is -0.486 e. The highest BCUT2D eigenvalue weighted by Crippen LogP contribution is 2.45. The van der Waals surface area contributed by atoms with Crippen molar-refractivity contribution in [3.63, 3.8) is 0 Å². The molecule has 106 valence electrons. The molecule has 19 heavy (non-hydrogen) atoms. The quantitative estimate of drug-likeness (QED) is 0.892. The fourth-order valence-electron chi connectivity index (χ4n) is 2.34. The van der Waals surface area contributed by atoms with E-state index in [9.17, 15) is 5.11 Å². The lowest BCUT2D eigenvalue weighted by molar-refractivity contribution is 0.163. The van der Waals surface area contributed by atoms with Crippen molar-refractivity contribution in [1.82, 2.24) is 5.32 Å². The Hall–Kier alpha value is -0.970. The Labute approximate surface area is 118 Å². The summed E-state index contributed by atoms with van der Waals surface area (Å²) in [5.41, 5.74) is 1.73. The van der Waals surface area contributed by atoms with E-state index in [0.29, 0.717) is 36.3 Å². The van der Waals surface area contributed by atoms with Gasteiger partial charge in [-0.05, 0) is 30.2 Å². The zero-order valence-corrected chi connectivity index (χ0v) is 12.3. The normalized spacial score (nSPS) is 15.7. The maximum absolute atomic E-state index is 10.3. The molecule has 1 aromatic rings. The van der Waals surface area contributed by atoms with Crippen molar-refractivity contribution < 1.29 is 14.6 Å². The van der Waals surface area contributed by atoms with E-state index in [2.05, 4.69) is 5.32 Å². The molecule has 1 unspecified atom stereocenters. The smallest absolute Gasteiger partial charge is 0.180 e. The van der Waals surface area contributed by atoms with Crippen molar-refractivity contribution >= 4 is 11.6 Å². The van der Waals surface area contributed by atoms with Crippen LogP contribution >= 0.6 is 11.6 Å². The molecule has 0 bridgehead atoms. The molecular weight excluding hydrogens is 266 g/mol. The van der Waals surface area contributed by atoms with Gasteiger partial charge in [0.05, 0.1) is 11.1 Å². The SMILES string of the molecule is CNCC(O)c1cc2c(c(Cl)c1C(C)C)OCCO2. The summed E-state index contributed by atoms with van der Waals surface area (Å²) >= 11 is 6.43. The molecule has 4 nitrogen and oxygen atoms in total. The second-order valence-corrected chi connectivity index (χ2v) is 5.32. The summed E-state index contributed by atoms with van der Waals surface area (Å²) in [4.78, 5) is 0. The maximum Gasteiger partial charge on any atom is 0.180 e. The molecule has 0 saturated heterocycles. The summed E-state index contributed by atoms with van der Waals surface area (Å²) in [6.45, 7) is 5.57. The highest BCUT2D eigenvalue weighted by Gasteiger charge is 2.25. The van der Waals surface area contributed by atoms with Gasteiger partial charge in [0.2, 0.25) is 0 Å². The summed E-state index contributed by atoms with van der Waals surface area (Å²) in [6.07, 6.45) is -0.615. The van der Waals surface area contributed by atoms with E-state index >= 15 is 0 Å². The van der Waals surface area contributed by atoms with Crippen molar-refractivity contribution in [2.24, 2.45) is 0 Å². The number of aliphatic hydroxyl groups is 1. The Morgan fingerprint density at radius 1 is 1.37 bits per heavy atom. The van der Waals surface area contributed by atoms with Crippen molar-refractivity contribution in [1.29, 1.82) is 0 Å². The van der Waals surface area contributed by atoms with Gasteiger partial charge in [0, 0.05) is 6.54 Å². The van der Waals surface area contributed by atoms with Crippen LogP contribution in [0.3, 0.4) is 0 Å². The first kappa shape index (κ1) is 14.4. The number of halogens is 1. The Morgan fingerprint density at radius 3 is 2.68 bits per heavy atom. The van der Waals surface area contributed by atoms with Gasteiger partial charge >= 0.3 is 0 Å². The fraction of sp³-hybridized carbons (Fsp3) is 0.571. The third-order valence-electron chi connectivity index (χ3n) is 3.18. The molecule has 5 heteroatoms. The summed E-state index contributed by atoms with van der Waals surface area (Å²) in [5, 5.41) is 13.8. The van der Waals surface area contributed by atoms with Crippen molar-refractivity contribution in [2.45, 2.75) is 25.9 Å². The highest BCUT2D eigenvalue weighted by molar-refractivity contribution is 6.33. The molecule has 0 radical (unpaired) electrons. The Kier molecular flexibility index (Phi) is 4.55. The van der Waals surface area contributed by atoms with E-state index in [1.165, 1.54) is 0 Å². The molecule has 0 aliphatic carbocycles. The van der Waals surface area contributed by atoms with Gasteiger partial charge in [-0.25, -0.2) is 0 Å². The van der Waals surface area contributed by atoms with E-state index in [1.807, 2.05) is 19.9 Å². The van der Waals surface area contributed by atoms with E-state index in [-0.39, 0.29) is 5.92 Å². The second kappa shape index (κ2) is 5.99. The topological polar surface area (TPSA) is 50.7 Å². The molecule has 0 saturated carbocycles. The van der Waals surface area contributed by atoms with Crippen LogP contribution in [0.2, 0.25) is 5.02 Å². The molecular formula is C14H20ClNO3. The van der Waals surface area contributed by atoms with E-state index < -0.39 is 6.10 Å². The van der Waals surface area contributed by atoms with Gasteiger partial charge in [0.1, 0.15) is 13.2 Å². The first-order chi connectivity index (χ1) is 9.06. The predicted molar refractivity (Wildman–Crippen MR) is 75.4 cm³/mol. The highest BCUT2D eigenvalue weighted by atomic mass is 35.5. The van der Waals surface area contributed by atoms with Gasteiger partial charge in [-0.2, -0.15) is 0 Å². The summed E-state index contributed by atoms with van der Waals surface area (Å²) in [5.74, 6) is 1.41. The number of nitrogens with one attached hydrogen (secondary N) is 1. The third kappa shape index (κ3) is 2.81. The van der Waals surface area contributed by atoms with Crippen LogP contribution in [-0.4, -0.2) is 31.9 Å². The van der Waals surface area contributed by atoms with Gasteiger partial charge in [-0.15, -0.1) is 0 Å². The van der Waals surface area contributed by atoms with Crippen LogP contribution in [0.4, 0.5) is 0 Å². The molecule has 0 fully saturated rings. The lowest BCUT2D eigenvalue weighted by Crippen LogP contribution is -2.21. The van der Waals surface area contributed by atoms with Crippen LogP contribution < -0.4 is 14.8 Å². The first-order valence-electron chi connectivity index (χ1n) is 6.50. The minimum absolute atomic E-state index is 0.199. The molecule has 0 aromatic heterocycles. The number of ether oxygens (including phenoxy) is 2. The van der Waals surface area contributed by atoms with Crippen LogP contribution in [0.25, 0.3) is 0 Å². The summed E-state index contributed by atoms with van der Waals surface area (Å²) in [6, 6.07) is 1.84. The predicted octanol–water partition coefficient (Wildman–Crippen LogP) is 2.49. The molecule has 2 rings (SSSR count). The number of rotatable bonds is 4. The molecule has 0 amide bonds. The Morgan fingerprint density at radius 2 is 2.05 bits per heavy atom. The molecule has 0 spiro atoms. The molecule has 2 N–H and O–H groups in total. The maximum atomic E-state index is 10.3. The summed E-state index contributed by atoms with van der Waals surface area (Å²) in [7, 11) is 1.80. The van der Waals surface area contributed by atoms with E-state index in [1.54, 1.807) is 7.05 Å². The van der Waals surface area contributed by atoms with Crippen LogP contribution in [0.5, 0.6) is 11.5 Å². The number of hydrogen-bond acceptors (Lipinski definition) is 4. The van der Waals surface area contributed by atoms with Crippen molar-refractivity contribution in [3.8, 4) is 11.5 Å². The van der Waals surface area contributed by atoms with Crippen LogP contribution in [0.1, 0.15) is 37.0 Å². The van der Waals surface area contributed by atoms with Crippen molar-refractivity contribution in [3.05, 3.63) is 22.2 Å². The van der Waals surface area contributed by atoms with Gasteiger partial charge in [-0.1, -0.05) is 25.4 Å². The number of aliphatic hydroxyl groups excluding tert-OH is 1. The molecule has 1 aromatic carbocycles. The van der Waals surface area contributed by atoms with Crippen LogP contribution in [0, 0.1) is 0 Å². The zero-order valence-electron chi connectivity index (χ0n) is 11.5. The largest absolute Gasteiger partial charge is 0.486 e. The molecule has 1 aliphatic heterocycles. The molecule has 1 heterocycles. The minimum atomic E-state index is -0.615. The zero-order chi connectivity index (χ0) is 14.0. The standard InChI is InChI=1S/C14H20ClNO3/c1-8(2)12-9(10(17)7-16-3)6-11-14(13(12)15)19-5-4-18-11/h6,8,10,16-17H,4-5,7H2,1-3H3. The van der Waals surface area contributed by atoms with E-state index in [4.69, 9.17) is 21.1 Å². The third-order valence-corrected chi connectivity index (χ3v) is 3.55. The average Bonchev–Trinajstić information content (AvgIpc) is 2.38. The second-order valence-electron chi connectivity index (χ2n) is 4.95. The van der Waals surface area contributed by atoms with Gasteiger partial charge in [0.15, 0.2) is 11.5 Å². The lowest BCUT2D eigenvalue weighted by Gasteiger charge is -2.26. The number of fused-ring (bicyclic) bond motifs is 1. The van der Waals surface area contributed by atoms with Gasteiger partial charge in [0.25, 0.3) is 0 Å². The number of hydrogen-bond donors (Lipinski definition) is 2. The van der Waals surface area contributed by atoms with Gasteiger partial charge < -0.3 is 19.9 Å². The Balaban J connectivity index is 2.54. The van der Waals surface area contributed by atoms with E-state index in [0.717, 1.165) is 11.1 Å². The molecule has 1 atom stereocenters. The lowest BCUT2D eigenvalue weighted by atomic mass is 9.92. The average molecular weight is 286 g/mol. The first-order valence-corrected chi connectivity index (χ1v) is 6.88. The van der Waals surface area contributed by atoms with Crippen LogP contribution in [-0.2, 0) is 0 Å². The fourth-order valence-corrected chi connectivity index (χ4v) is 2.82. The van der Waals surface area contributed by atoms with Crippen LogP contribution in [0.15, 0.2) is 6.07 Å².